The van der Waals surface area contributed by atoms with Crippen LogP contribution >= 0.6 is 11.3 Å². The molecule has 3 heteroatoms. The lowest BCUT2D eigenvalue weighted by Crippen LogP contribution is -2.07. The second-order valence-corrected chi connectivity index (χ2v) is 5.31. The van der Waals surface area contributed by atoms with E-state index in [2.05, 4.69) is 32.9 Å². The molecule has 14 heavy (non-hydrogen) atoms. The van der Waals surface area contributed by atoms with Gasteiger partial charge >= 0.3 is 0 Å². The number of methoxy groups -OCH3 is 1. The number of ether oxygens (including phenoxy) is 1. The average molecular weight is 209 g/mol. The summed E-state index contributed by atoms with van der Waals surface area (Å²) in [6.07, 6.45) is -0.420. The Labute approximate surface area is 89.1 Å². The molecule has 0 fully saturated rings. The molecular weight excluding hydrogens is 194 g/mol. The second kappa shape index (κ2) is 4.12. The van der Waals surface area contributed by atoms with Crippen LogP contribution in [0.5, 0.6) is 0 Å². The minimum absolute atomic E-state index is 0.149. The third-order valence-corrected chi connectivity index (χ3v) is 3.53. The van der Waals surface area contributed by atoms with Crippen molar-refractivity contribution < 1.29 is 4.74 Å². The maximum absolute atomic E-state index is 8.82. The molecule has 76 valence electrons. The van der Waals surface area contributed by atoms with Crippen molar-refractivity contribution in [3.8, 4) is 6.07 Å². The third kappa shape index (κ3) is 2.34. The molecule has 0 aliphatic heterocycles. The predicted molar refractivity (Wildman–Crippen MR) is 58.4 cm³/mol. The van der Waals surface area contributed by atoms with E-state index in [0.717, 1.165) is 4.88 Å². The molecule has 0 bridgehead atoms. The van der Waals surface area contributed by atoms with Gasteiger partial charge in [-0.05, 0) is 17.5 Å². The van der Waals surface area contributed by atoms with E-state index >= 15 is 0 Å². The Morgan fingerprint density at radius 3 is 2.43 bits per heavy atom. The highest BCUT2D eigenvalue weighted by atomic mass is 32.1. The topological polar surface area (TPSA) is 33.0 Å². The Morgan fingerprint density at radius 2 is 2.07 bits per heavy atom. The monoisotopic (exact) mass is 209 g/mol. The van der Waals surface area contributed by atoms with Gasteiger partial charge in [0.05, 0.1) is 0 Å². The van der Waals surface area contributed by atoms with Gasteiger partial charge < -0.3 is 4.74 Å². The molecule has 0 aliphatic rings. The predicted octanol–water partition coefficient (Wildman–Crippen LogP) is 3.26. The van der Waals surface area contributed by atoms with Crippen molar-refractivity contribution in [2.45, 2.75) is 32.3 Å². The minimum atomic E-state index is -0.420. The fourth-order valence-corrected chi connectivity index (χ4v) is 2.22. The lowest BCUT2D eigenvalue weighted by Gasteiger charge is -2.15. The molecule has 0 aliphatic carbocycles. The molecule has 1 atom stereocenters. The van der Waals surface area contributed by atoms with Crippen molar-refractivity contribution in [1.82, 2.24) is 0 Å². The highest BCUT2D eigenvalue weighted by molar-refractivity contribution is 7.12. The first-order chi connectivity index (χ1) is 6.49. The molecule has 1 rings (SSSR count). The zero-order valence-electron chi connectivity index (χ0n) is 9.00. The van der Waals surface area contributed by atoms with Gasteiger partial charge in [0.25, 0.3) is 0 Å². The molecular formula is C11H15NOS. The molecule has 2 nitrogen and oxygen atoms in total. The molecule has 0 radical (unpaired) electrons. The van der Waals surface area contributed by atoms with Gasteiger partial charge in [-0.3, -0.25) is 0 Å². The average Bonchev–Trinajstić information content (AvgIpc) is 2.54. The molecule has 0 amide bonds. The maximum Gasteiger partial charge on any atom is 0.177 e. The number of thiophene rings is 1. The van der Waals surface area contributed by atoms with Crippen molar-refractivity contribution in [3.63, 3.8) is 0 Å². The molecule has 1 heterocycles. The van der Waals surface area contributed by atoms with E-state index in [1.54, 1.807) is 18.4 Å². The molecule has 0 saturated carbocycles. The largest absolute Gasteiger partial charge is 0.361 e. The highest BCUT2D eigenvalue weighted by Crippen LogP contribution is 2.32. The van der Waals surface area contributed by atoms with Gasteiger partial charge in [-0.1, -0.05) is 20.8 Å². The van der Waals surface area contributed by atoms with Crippen LogP contribution in [-0.4, -0.2) is 7.11 Å². The zero-order valence-corrected chi connectivity index (χ0v) is 9.81. The van der Waals surface area contributed by atoms with Crippen molar-refractivity contribution in [1.29, 1.82) is 5.26 Å². The second-order valence-electron chi connectivity index (χ2n) is 4.20. The van der Waals surface area contributed by atoms with Crippen LogP contribution in [0.4, 0.5) is 0 Å². The van der Waals surface area contributed by atoms with Gasteiger partial charge in [0.2, 0.25) is 0 Å². The van der Waals surface area contributed by atoms with E-state index < -0.39 is 6.10 Å². The summed E-state index contributed by atoms with van der Waals surface area (Å²) < 4.78 is 5.06. The molecule has 1 unspecified atom stereocenters. The van der Waals surface area contributed by atoms with Crippen LogP contribution in [0, 0.1) is 11.3 Å². The molecule has 0 N–H and O–H groups in total. The molecule has 1 aromatic rings. The first kappa shape index (κ1) is 11.2. The number of nitriles is 1. The van der Waals surface area contributed by atoms with E-state index in [4.69, 9.17) is 10.00 Å². The van der Waals surface area contributed by atoms with E-state index in [1.807, 2.05) is 6.07 Å². The summed E-state index contributed by atoms with van der Waals surface area (Å²) in [4.78, 5) is 2.27. The van der Waals surface area contributed by atoms with E-state index in [1.165, 1.54) is 4.88 Å². The van der Waals surface area contributed by atoms with Crippen molar-refractivity contribution >= 4 is 11.3 Å². The lowest BCUT2D eigenvalue weighted by molar-refractivity contribution is 0.151. The Balaban J connectivity index is 2.94. The van der Waals surface area contributed by atoms with Crippen LogP contribution in [-0.2, 0) is 10.2 Å². The Kier molecular flexibility index (Phi) is 3.30. The van der Waals surface area contributed by atoms with Crippen molar-refractivity contribution in [2.24, 2.45) is 0 Å². The molecule has 0 saturated heterocycles. The highest BCUT2D eigenvalue weighted by Gasteiger charge is 2.19. The van der Waals surface area contributed by atoms with Gasteiger partial charge in [0.1, 0.15) is 6.07 Å². The molecule has 1 aromatic heterocycles. The SMILES string of the molecule is COC(C#N)c1ccc(C(C)(C)C)s1. The Bertz CT molecular complexity index is 343. The van der Waals surface area contributed by atoms with E-state index in [9.17, 15) is 0 Å². The number of rotatable bonds is 2. The van der Waals surface area contributed by atoms with E-state index in [0.29, 0.717) is 0 Å². The number of hydrogen-bond donors (Lipinski definition) is 0. The summed E-state index contributed by atoms with van der Waals surface area (Å²) in [7, 11) is 1.56. The third-order valence-electron chi connectivity index (χ3n) is 1.98. The van der Waals surface area contributed by atoms with Gasteiger partial charge in [-0.25, -0.2) is 0 Å². The van der Waals surface area contributed by atoms with E-state index in [-0.39, 0.29) is 5.41 Å². The van der Waals surface area contributed by atoms with Gasteiger partial charge in [-0.15, -0.1) is 11.3 Å². The maximum atomic E-state index is 8.82. The molecule has 0 spiro atoms. The zero-order chi connectivity index (χ0) is 10.8. The van der Waals surface area contributed by atoms with Gasteiger partial charge in [0.15, 0.2) is 6.10 Å². The summed E-state index contributed by atoms with van der Waals surface area (Å²) >= 11 is 1.65. The molecule has 0 aromatic carbocycles. The fourth-order valence-electron chi connectivity index (χ4n) is 1.13. The van der Waals surface area contributed by atoms with Gasteiger partial charge in [-0.2, -0.15) is 5.26 Å². The number of nitrogens with zero attached hydrogens (tertiary/aromatic N) is 1. The normalized spacial score (nSPS) is 13.6. The summed E-state index contributed by atoms with van der Waals surface area (Å²) in [5.41, 5.74) is 0.149. The summed E-state index contributed by atoms with van der Waals surface area (Å²) in [6, 6.07) is 6.17. The first-order valence-corrected chi connectivity index (χ1v) is 5.33. The van der Waals surface area contributed by atoms with Crippen molar-refractivity contribution in [2.75, 3.05) is 7.11 Å². The van der Waals surface area contributed by atoms with Crippen LogP contribution in [0.1, 0.15) is 36.6 Å². The van der Waals surface area contributed by atoms with Crippen LogP contribution in [0.25, 0.3) is 0 Å². The first-order valence-electron chi connectivity index (χ1n) is 4.51. The Hall–Kier alpha value is -0.850. The van der Waals surface area contributed by atoms with Crippen LogP contribution < -0.4 is 0 Å². The van der Waals surface area contributed by atoms with Crippen LogP contribution in [0.15, 0.2) is 12.1 Å². The standard InChI is InChI=1S/C11H15NOS/c1-11(2,3)10-6-5-9(14-10)8(7-12)13-4/h5-6,8H,1-4H3. The Morgan fingerprint density at radius 1 is 1.43 bits per heavy atom. The minimum Gasteiger partial charge on any atom is -0.361 e. The van der Waals surface area contributed by atoms with Crippen LogP contribution in [0.3, 0.4) is 0 Å². The summed E-state index contributed by atoms with van der Waals surface area (Å²) in [5.74, 6) is 0. The number of hydrogen-bond acceptors (Lipinski definition) is 3. The quantitative estimate of drug-likeness (QED) is 0.749. The summed E-state index contributed by atoms with van der Waals surface area (Å²) in [5, 5.41) is 8.82. The smallest absolute Gasteiger partial charge is 0.177 e. The fraction of sp³-hybridized carbons (Fsp3) is 0.545. The lowest BCUT2D eigenvalue weighted by atomic mass is 9.95. The van der Waals surface area contributed by atoms with Crippen molar-refractivity contribution in [3.05, 3.63) is 21.9 Å². The van der Waals surface area contributed by atoms with Gasteiger partial charge in [0, 0.05) is 16.9 Å². The van der Waals surface area contributed by atoms with Crippen LogP contribution in [0.2, 0.25) is 0 Å². The summed E-state index contributed by atoms with van der Waals surface area (Å²) in [6.45, 7) is 6.49.